The largest absolute Gasteiger partial charge is 0.492 e. The zero-order valence-corrected chi connectivity index (χ0v) is 18.6. The molecule has 0 atom stereocenters. The Morgan fingerprint density at radius 3 is 2.72 bits per heavy atom. The van der Waals surface area contributed by atoms with Gasteiger partial charge in [0, 0.05) is 31.0 Å². The SMILES string of the molecule is CCOc1ccc(-c2nn(-c3ccccc3)cc2/C=C(/C#N)C(=O)NCCOC)cc1Cl. The van der Waals surface area contributed by atoms with Gasteiger partial charge < -0.3 is 14.8 Å². The molecule has 1 heterocycles. The monoisotopic (exact) mass is 450 g/mol. The molecule has 0 radical (unpaired) electrons. The van der Waals surface area contributed by atoms with Crippen LogP contribution in [0, 0.1) is 11.3 Å². The van der Waals surface area contributed by atoms with Gasteiger partial charge in [0.1, 0.15) is 23.1 Å². The smallest absolute Gasteiger partial charge is 0.262 e. The lowest BCUT2D eigenvalue weighted by Gasteiger charge is -2.07. The quantitative estimate of drug-likeness (QED) is 0.299. The second kappa shape index (κ2) is 11.1. The van der Waals surface area contributed by atoms with Gasteiger partial charge in [-0.3, -0.25) is 4.79 Å². The molecule has 0 aliphatic carbocycles. The van der Waals surface area contributed by atoms with Gasteiger partial charge in [0.2, 0.25) is 0 Å². The number of ether oxygens (including phenoxy) is 2. The Labute approximate surface area is 191 Å². The topological polar surface area (TPSA) is 89.2 Å². The highest BCUT2D eigenvalue weighted by Gasteiger charge is 2.16. The van der Waals surface area contributed by atoms with Crippen molar-refractivity contribution < 1.29 is 14.3 Å². The molecule has 2 aromatic carbocycles. The molecule has 0 aliphatic rings. The number of methoxy groups -OCH3 is 1. The Bertz CT molecular complexity index is 1150. The third-order valence-corrected chi connectivity index (χ3v) is 4.82. The molecular weight excluding hydrogens is 428 g/mol. The summed E-state index contributed by atoms with van der Waals surface area (Å²) in [7, 11) is 1.54. The Morgan fingerprint density at radius 1 is 1.28 bits per heavy atom. The van der Waals surface area contributed by atoms with Crippen molar-refractivity contribution in [2.24, 2.45) is 0 Å². The fourth-order valence-electron chi connectivity index (χ4n) is 3.02. The molecule has 0 fully saturated rings. The number of hydrogen-bond donors (Lipinski definition) is 1. The van der Waals surface area contributed by atoms with Crippen LogP contribution in [0.25, 0.3) is 23.0 Å². The predicted octanol–water partition coefficient (Wildman–Crippen LogP) is 4.26. The number of halogens is 1. The maximum Gasteiger partial charge on any atom is 0.262 e. The van der Waals surface area contributed by atoms with E-state index in [0.717, 1.165) is 11.3 Å². The van der Waals surface area contributed by atoms with E-state index in [-0.39, 0.29) is 5.57 Å². The summed E-state index contributed by atoms with van der Waals surface area (Å²) in [6.45, 7) is 3.04. The number of aromatic nitrogens is 2. The number of amides is 1. The molecule has 32 heavy (non-hydrogen) atoms. The molecule has 0 saturated heterocycles. The summed E-state index contributed by atoms with van der Waals surface area (Å²) in [6, 6.07) is 16.9. The highest BCUT2D eigenvalue weighted by molar-refractivity contribution is 6.32. The maximum atomic E-state index is 12.4. The number of para-hydroxylation sites is 1. The number of carbonyl (C=O) groups is 1. The first-order valence-electron chi connectivity index (χ1n) is 10.0. The minimum atomic E-state index is -0.479. The van der Waals surface area contributed by atoms with Crippen molar-refractivity contribution in [1.82, 2.24) is 15.1 Å². The van der Waals surface area contributed by atoms with E-state index in [9.17, 15) is 10.1 Å². The number of benzene rings is 2. The maximum absolute atomic E-state index is 12.4. The van der Waals surface area contributed by atoms with Gasteiger partial charge in [0.25, 0.3) is 5.91 Å². The summed E-state index contributed by atoms with van der Waals surface area (Å²) < 4.78 is 12.2. The van der Waals surface area contributed by atoms with E-state index >= 15 is 0 Å². The van der Waals surface area contributed by atoms with Crippen LogP contribution in [-0.4, -0.2) is 42.6 Å². The van der Waals surface area contributed by atoms with Crippen molar-refractivity contribution >= 4 is 23.6 Å². The van der Waals surface area contributed by atoms with Crippen molar-refractivity contribution in [2.45, 2.75) is 6.92 Å². The number of nitriles is 1. The van der Waals surface area contributed by atoms with Gasteiger partial charge >= 0.3 is 0 Å². The zero-order valence-electron chi connectivity index (χ0n) is 17.8. The fraction of sp³-hybridized carbons (Fsp3) is 0.208. The van der Waals surface area contributed by atoms with Crippen molar-refractivity contribution in [1.29, 1.82) is 5.26 Å². The first kappa shape index (κ1) is 23.1. The van der Waals surface area contributed by atoms with E-state index in [2.05, 4.69) is 5.32 Å². The van der Waals surface area contributed by atoms with E-state index < -0.39 is 5.91 Å². The van der Waals surface area contributed by atoms with E-state index in [0.29, 0.717) is 41.8 Å². The standard InChI is InChI=1S/C24H23ClN4O3/c1-3-32-22-10-9-17(14-21(22)25)23-19(13-18(15-26)24(30)27-11-12-31-2)16-29(28-23)20-7-5-4-6-8-20/h4-10,13-14,16H,3,11-12H2,1-2H3,(H,27,30)/b18-13-. The van der Waals surface area contributed by atoms with Crippen LogP contribution in [0.1, 0.15) is 12.5 Å². The fourth-order valence-corrected chi connectivity index (χ4v) is 3.25. The predicted molar refractivity (Wildman–Crippen MR) is 124 cm³/mol. The van der Waals surface area contributed by atoms with Gasteiger partial charge in [0.05, 0.1) is 23.9 Å². The Kier molecular flexibility index (Phi) is 8.03. The van der Waals surface area contributed by atoms with E-state index in [1.54, 1.807) is 30.1 Å². The lowest BCUT2D eigenvalue weighted by Crippen LogP contribution is -2.27. The first-order valence-corrected chi connectivity index (χ1v) is 10.4. The number of nitrogens with zero attached hydrogens (tertiary/aromatic N) is 3. The van der Waals surface area contributed by atoms with Gasteiger partial charge in [-0.25, -0.2) is 4.68 Å². The molecule has 1 amide bonds. The van der Waals surface area contributed by atoms with Crippen molar-refractivity contribution in [2.75, 3.05) is 26.9 Å². The second-order valence-corrected chi connectivity index (χ2v) is 7.12. The molecule has 1 aromatic heterocycles. The van der Waals surface area contributed by atoms with Crippen LogP contribution in [0.5, 0.6) is 5.75 Å². The van der Waals surface area contributed by atoms with Gasteiger partial charge in [-0.05, 0) is 43.3 Å². The molecule has 0 spiro atoms. The van der Waals surface area contributed by atoms with Crippen LogP contribution >= 0.6 is 11.6 Å². The molecule has 0 bridgehead atoms. The van der Waals surface area contributed by atoms with Gasteiger partial charge in [-0.15, -0.1) is 0 Å². The van der Waals surface area contributed by atoms with Crippen LogP contribution in [-0.2, 0) is 9.53 Å². The van der Waals surface area contributed by atoms with Crippen LogP contribution < -0.4 is 10.1 Å². The van der Waals surface area contributed by atoms with E-state index in [1.165, 1.54) is 6.08 Å². The van der Waals surface area contributed by atoms with Crippen LogP contribution in [0.4, 0.5) is 0 Å². The highest BCUT2D eigenvalue weighted by atomic mass is 35.5. The summed E-state index contributed by atoms with van der Waals surface area (Å²) in [5, 5.41) is 17.4. The van der Waals surface area contributed by atoms with Gasteiger partial charge in [0.15, 0.2) is 0 Å². The summed E-state index contributed by atoms with van der Waals surface area (Å²) in [5.41, 5.74) is 2.72. The Morgan fingerprint density at radius 2 is 2.06 bits per heavy atom. The molecule has 7 nitrogen and oxygen atoms in total. The summed E-state index contributed by atoms with van der Waals surface area (Å²) in [4.78, 5) is 12.4. The summed E-state index contributed by atoms with van der Waals surface area (Å²) >= 11 is 6.39. The normalized spacial score (nSPS) is 11.1. The molecule has 3 aromatic rings. The highest BCUT2D eigenvalue weighted by Crippen LogP contribution is 2.32. The molecule has 164 valence electrons. The molecule has 0 unspecified atom stereocenters. The molecule has 0 aliphatic heterocycles. The zero-order chi connectivity index (χ0) is 22.9. The Hall–Kier alpha value is -3.60. The number of carbonyl (C=O) groups excluding carboxylic acids is 1. The van der Waals surface area contributed by atoms with Gasteiger partial charge in [-0.1, -0.05) is 29.8 Å². The summed E-state index contributed by atoms with van der Waals surface area (Å²) in [5.74, 6) is 0.0976. The third-order valence-electron chi connectivity index (χ3n) is 4.53. The van der Waals surface area contributed by atoms with Crippen LogP contribution in [0.3, 0.4) is 0 Å². The minimum Gasteiger partial charge on any atom is -0.492 e. The number of rotatable bonds is 9. The molecule has 1 N–H and O–H groups in total. The number of nitrogens with one attached hydrogen (secondary N) is 1. The average molecular weight is 451 g/mol. The van der Waals surface area contributed by atoms with Crippen molar-refractivity contribution in [3.63, 3.8) is 0 Å². The molecule has 8 heteroatoms. The van der Waals surface area contributed by atoms with Gasteiger partial charge in [-0.2, -0.15) is 10.4 Å². The Balaban J connectivity index is 2.06. The van der Waals surface area contributed by atoms with Crippen molar-refractivity contribution in [3.8, 4) is 28.8 Å². The second-order valence-electron chi connectivity index (χ2n) is 6.71. The lowest BCUT2D eigenvalue weighted by atomic mass is 10.1. The van der Waals surface area contributed by atoms with Crippen LogP contribution in [0.15, 0.2) is 60.3 Å². The molecular formula is C24H23ClN4O3. The average Bonchev–Trinajstić information content (AvgIpc) is 3.23. The molecule has 0 saturated carbocycles. The van der Waals surface area contributed by atoms with Crippen LogP contribution in [0.2, 0.25) is 5.02 Å². The van der Waals surface area contributed by atoms with Crippen molar-refractivity contribution in [3.05, 3.63) is 70.9 Å². The lowest BCUT2D eigenvalue weighted by molar-refractivity contribution is -0.117. The first-order chi connectivity index (χ1) is 15.6. The van der Waals surface area contributed by atoms with E-state index in [1.807, 2.05) is 49.4 Å². The number of hydrogen-bond acceptors (Lipinski definition) is 5. The molecule has 3 rings (SSSR count). The summed E-state index contributed by atoms with van der Waals surface area (Å²) in [6.07, 6.45) is 3.29. The third kappa shape index (κ3) is 5.55. The van der Waals surface area contributed by atoms with E-state index in [4.69, 9.17) is 26.2 Å². The minimum absolute atomic E-state index is 0.0352.